The van der Waals surface area contributed by atoms with Crippen molar-refractivity contribution in [1.82, 2.24) is 4.98 Å². The number of hydrogen-bond acceptors (Lipinski definition) is 4. The first-order chi connectivity index (χ1) is 9.86. The Hall–Kier alpha value is -1.15. The maximum absolute atomic E-state index is 12.5. The molecule has 0 aliphatic rings. The topological polar surface area (TPSA) is 33.1 Å². The number of thiophene rings is 2. The fourth-order valence-electron chi connectivity index (χ4n) is 1.88. The van der Waals surface area contributed by atoms with E-state index in [0.29, 0.717) is 4.88 Å². The van der Waals surface area contributed by atoms with Crippen LogP contribution in [-0.2, 0) is 6.18 Å². The minimum Gasteiger partial charge on any atom is -0.383 e. The number of nitrogens with zero attached hydrogens (tertiary/aromatic N) is 1. The van der Waals surface area contributed by atoms with Gasteiger partial charge in [-0.2, -0.15) is 13.2 Å². The van der Waals surface area contributed by atoms with Gasteiger partial charge in [-0.3, -0.25) is 0 Å². The number of alkyl halides is 3. The highest BCUT2D eigenvalue weighted by atomic mass is 35.5. The SMILES string of the molecule is OC(c1cc2sccc2s1)c1ccc(C(F)(F)F)nc1Cl. The second-order valence-electron chi connectivity index (χ2n) is 4.27. The molecule has 8 heteroatoms. The molecule has 0 aromatic carbocycles. The van der Waals surface area contributed by atoms with Gasteiger partial charge < -0.3 is 5.11 Å². The molecule has 0 bridgehead atoms. The monoisotopic (exact) mass is 349 g/mol. The van der Waals surface area contributed by atoms with Crippen molar-refractivity contribution in [3.8, 4) is 0 Å². The van der Waals surface area contributed by atoms with E-state index in [4.69, 9.17) is 11.6 Å². The van der Waals surface area contributed by atoms with Crippen LogP contribution in [0.3, 0.4) is 0 Å². The lowest BCUT2D eigenvalue weighted by Gasteiger charge is -2.12. The molecule has 1 N–H and O–H groups in total. The second kappa shape index (κ2) is 5.24. The normalized spacial score (nSPS) is 13.8. The predicted octanol–water partition coefficient (Wildman–Crippen LogP) is 5.11. The number of halogens is 4. The minimum atomic E-state index is -4.56. The standard InChI is InChI=1S/C13H7ClF3NOS2/c14-12-6(1-2-10(18-12)13(15,16)17)11(19)9-5-8-7(21-9)3-4-20-8/h1-5,11,19H. The molecule has 1 unspecified atom stereocenters. The molecule has 0 fully saturated rings. The van der Waals surface area contributed by atoms with Gasteiger partial charge in [-0.15, -0.1) is 22.7 Å². The van der Waals surface area contributed by atoms with Crippen molar-refractivity contribution in [2.75, 3.05) is 0 Å². The highest BCUT2D eigenvalue weighted by Gasteiger charge is 2.33. The Morgan fingerprint density at radius 3 is 2.57 bits per heavy atom. The molecule has 0 aliphatic carbocycles. The molecule has 21 heavy (non-hydrogen) atoms. The van der Waals surface area contributed by atoms with Gasteiger partial charge in [0.15, 0.2) is 0 Å². The van der Waals surface area contributed by atoms with Gasteiger partial charge in [-0.05, 0) is 23.6 Å². The molecular formula is C13H7ClF3NOS2. The van der Waals surface area contributed by atoms with Crippen molar-refractivity contribution in [3.63, 3.8) is 0 Å². The molecule has 1 atom stereocenters. The highest BCUT2D eigenvalue weighted by Crippen LogP contribution is 2.38. The molecule has 0 spiro atoms. The number of hydrogen-bond donors (Lipinski definition) is 1. The Morgan fingerprint density at radius 1 is 1.19 bits per heavy atom. The van der Waals surface area contributed by atoms with Crippen LogP contribution in [0.5, 0.6) is 0 Å². The van der Waals surface area contributed by atoms with Crippen molar-refractivity contribution in [1.29, 1.82) is 0 Å². The molecule has 0 aliphatic heterocycles. The molecule has 3 aromatic heterocycles. The molecule has 0 radical (unpaired) electrons. The first-order valence-electron chi connectivity index (χ1n) is 5.75. The summed E-state index contributed by atoms with van der Waals surface area (Å²) < 4.78 is 39.7. The predicted molar refractivity (Wildman–Crippen MR) is 78.0 cm³/mol. The van der Waals surface area contributed by atoms with Crippen LogP contribution >= 0.6 is 34.3 Å². The summed E-state index contributed by atoms with van der Waals surface area (Å²) in [5, 5.41) is 11.9. The Kier molecular flexibility index (Phi) is 3.69. The molecule has 3 heterocycles. The lowest BCUT2D eigenvalue weighted by Crippen LogP contribution is -2.09. The summed E-state index contributed by atoms with van der Waals surface area (Å²) >= 11 is 8.70. The smallest absolute Gasteiger partial charge is 0.383 e. The summed E-state index contributed by atoms with van der Waals surface area (Å²) in [5.74, 6) is 0. The summed E-state index contributed by atoms with van der Waals surface area (Å²) in [6.07, 6.45) is -5.64. The average molecular weight is 350 g/mol. The van der Waals surface area contributed by atoms with Crippen molar-refractivity contribution in [2.45, 2.75) is 12.3 Å². The van der Waals surface area contributed by atoms with Crippen LogP contribution in [0.1, 0.15) is 22.2 Å². The van der Waals surface area contributed by atoms with Gasteiger partial charge in [0.2, 0.25) is 0 Å². The molecule has 3 rings (SSSR count). The molecule has 0 amide bonds. The fourth-order valence-corrected chi connectivity index (χ4v) is 4.26. The van der Waals surface area contributed by atoms with Crippen molar-refractivity contribution in [2.24, 2.45) is 0 Å². The van der Waals surface area contributed by atoms with Gasteiger partial charge in [0, 0.05) is 19.8 Å². The van der Waals surface area contributed by atoms with Gasteiger partial charge in [-0.25, -0.2) is 4.98 Å². The van der Waals surface area contributed by atoms with E-state index in [1.165, 1.54) is 22.7 Å². The first-order valence-corrected chi connectivity index (χ1v) is 7.82. The molecule has 0 saturated carbocycles. The van der Waals surface area contributed by atoms with E-state index in [1.54, 1.807) is 0 Å². The van der Waals surface area contributed by atoms with Crippen LogP contribution in [0, 0.1) is 0 Å². The maximum Gasteiger partial charge on any atom is 0.433 e. The van der Waals surface area contributed by atoms with E-state index in [-0.39, 0.29) is 10.7 Å². The van der Waals surface area contributed by atoms with Gasteiger partial charge in [0.1, 0.15) is 17.0 Å². The van der Waals surface area contributed by atoms with E-state index in [2.05, 4.69) is 4.98 Å². The number of pyridine rings is 1. The van der Waals surface area contributed by atoms with E-state index in [9.17, 15) is 18.3 Å². The Morgan fingerprint density at radius 2 is 1.95 bits per heavy atom. The Balaban J connectivity index is 1.97. The molecule has 0 saturated heterocycles. The van der Waals surface area contributed by atoms with E-state index < -0.39 is 18.0 Å². The van der Waals surface area contributed by atoms with Crippen LogP contribution in [0.15, 0.2) is 29.6 Å². The number of rotatable bonds is 2. The largest absolute Gasteiger partial charge is 0.433 e. The van der Waals surface area contributed by atoms with Gasteiger partial charge in [-0.1, -0.05) is 17.7 Å². The zero-order valence-electron chi connectivity index (χ0n) is 10.2. The highest BCUT2D eigenvalue weighted by molar-refractivity contribution is 7.26. The van der Waals surface area contributed by atoms with E-state index >= 15 is 0 Å². The quantitative estimate of drug-likeness (QED) is 0.652. The van der Waals surface area contributed by atoms with Gasteiger partial charge >= 0.3 is 6.18 Å². The van der Waals surface area contributed by atoms with Gasteiger partial charge in [0.05, 0.1) is 0 Å². The van der Waals surface area contributed by atoms with Crippen LogP contribution in [-0.4, -0.2) is 10.1 Å². The van der Waals surface area contributed by atoms with Crippen molar-refractivity contribution >= 4 is 43.7 Å². The van der Waals surface area contributed by atoms with E-state index in [0.717, 1.165) is 21.5 Å². The molecule has 3 aromatic rings. The van der Waals surface area contributed by atoms with Crippen LogP contribution in [0.25, 0.3) is 9.40 Å². The third-order valence-electron chi connectivity index (χ3n) is 2.89. The Bertz CT molecular complexity index is 768. The maximum atomic E-state index is 12.5. The Labute approximate surface area is 130 Å². The fraction of sp³-hybridized carbons (Fsp3) is 0.154. The zero-order valence-corrected chi connectivity index (χ0v) is 12.6. The summed E-state index contributed by atoms with van der Waals surface area (Å²) in [6, 6.07) is 5.72. The minimum absolute atomic E-state index is 0.165. The number of fused-ring (bicyclic) bond motifs is 1. The lowest BCUT2D eigenvalue weighted by atomic mass is 10.1. The van der Waals surface area contributed by atoms with Crippen LogP contribution in [0.4, 0.5) is 13.2 Å². The second-order valence-corrected chi connectivity index (χ2v) is 6.70. The number of aliphatic hydroxyl groups is 1. The van der Waals surface area contributed by atoms with Crippen LogP contribution in [0.2, 0.25) is 5.15 Å². The molecular weight excluding hydrogens is 343 g/mol. The average Bonchev–Trinajstić information content (AvgIpc) is 2.97. The summed E-state index contributed by atoms with van der Waals surface area (Å²) in [4.78, 5) is 3.95. The van der Waals surface area contributed by atoms with Gasteiger partial charge in [0.25, 0.3) is 0 Å². The summed E-state index contributed by atoms with van der Waals surface area (Å²) in [5.41, 5.74) is -0.908. The zero-order chi connectivity index (χ0) is 15.2. The number of aromatic nitrogens is 1. The molecule has 110 valence electrons. The third-order valence-corrected chi connectivity index (χ3v) is 5.34. The van der Waals surface area contributed by atoms with Crippen molar-refractivity contribution < 1.29 is 18.3 Å². The van der Waals surface area contributed by atoms with Crippen molar-refractivity contribution in [3.05, 3.63) is 50.9 Å². The van der Waals surface area contributed by atoms with Crippen LogP contribution < -0.4 is 0 Å². The summed E-state index contributed by atoms with van der Waals surface area (Å²) in [7, 11) is 0. The first kappa shape index (κ1) is 14.8. The lowest BCUT2D eigenvalue weighted by molar-refractivity contribution is -0.141. The van der Waals surface area contributed by atoms with E-state index in [1.807, 2.05) is 17.5 Å². The number of aliphatic hydroxyl groups excluding tert-OH is 1. The summed E-state index contributed by atoms with van der Waals surface area (Å²) in [6.45, 7) is 0. The third kappa shape index (κ3) is 2.78. The molecule has 2 nitrogen and oxygen atoms in total.